The van der Waals surface area contributed by atoms with E-state index >= 15 is 0 Å². The van der Waals surface area contributed by atoms with E-state index in [4.69, 9.17) is 0 Å². The topological polar surface area (TPSA) is 42.9 Å². The van der Waals surface area contributed by atoms with Crippen LogP contribution in [0.3, 0.4) is 0 Å². The van der Waals surface area contributed by atoms with E-state index in [0.717, 1.165) is 25.5 Å². The Hall–Kier alpha value is -1.89. The van der Waals surface area contributed by atoms with Crippen molar-refractivity contribution in [1.29, 1.82) is 0 Å². The molecular formula is C19H29F2N5. The zero-order valence-corrected chi connectivity index (χ0v) is 15.6. The molecule has 2 saturated heterocycles. The molecule has 2 unspecified atom stereocenters. The molecule has 2 atom stereocenters. The van der Waals surface area contributed by atoms with Crippen LogP contribution >= 0.6 is 0 Å². The maximum atomic E-state index is 14.0. The van der Waals surface area contributed by atoms with E-state index in [2.05, 4.69) is 27.6 Å². The number of benzene rings is 1. The summed E-state index contributed by atoms with van der Waals surface area (Å²) in [6, 6.07) is 4.13. The van der Waals surface area contributed by atoms with Crippen LogP contribution in [-0.4, -0.2) is 63.7 Å². The van der Waals surface area contributed by atoms with Gasteiger partial charge in [-0.25, -0.2) is 8.78 Å². The third-order valence-electron chi connectivity index (χ3n) is 5.29. The van der Waals surface area contributed by atoms with Crippen molar-refractivity contribution in [2.45, 2.75) is 25.3 Å². The van der Waals surface area contributed by atoms with Gasteiger partial charge in [-0.2, -0.15) is 0 Å². The largest absolute Gasteiger partial charge is 0.365 e. The van der Waals surface area contributed by atoms with Crippen LogP contribution in [0.25, 0.3) is 0 Å². The van der Waals surface area contributed by atoms with Gasteiger partial charge in [-0.3, -0.25) is 4.99 Å². The molecule has 0 bridgehead atoms. The second kappa shape index (κ2) is 8.66. The number of para-hydroxylation sites is 1. The number of halogens is 2. The lowest BCUT2D eigenvalue weighted by Crippen LogP contribution is -2.47. The quantitative estimate of drug-likeness (QED) is 0.633. The molecular weight excluding hydrogens is 336 g/mol. The van der Waals surface area contributed by atoms with E-state index in [1.54, 1.807) is 11.9 Å². The average Bonchev–Trinajstić information content (AvgIpc) is 3.06. The molecule has 2 N–H and O–H groups in total. The molecule has 26 heavy (non-hydrogen) atoms. The maximum absolute atomic E-state index is 14.0. The Balaban J connectivity index is 1.50. The standard InChI is InChI=1S/C19H29F2N5/c1-22-19(23-11-14-5-4-9-25(2)12-14)24-15-8-10-26(13-15)18-16(20)6-3-7-17(18)21/h3,6-7,14-15H,4-5,8-13H2,1-2H3,(H2,22,23,24). The number of aliphatic imine (C=N–C) groups is 1. The van der Waals surface area contributed by atoms with Crippen LogP contribution < -0.4 is 15.5 Å². The van der Waals surface area contributed by atoms with Crippen LogP contribution in [0.4, 0.5) is 14.5 Å². The minimum Gasteiger partial charge on any atom is -0.365 e. The van der Waals surface area contributed by atoms with E-state index in [-0.39, 0.29) is 11.7 Å². The van der Waals surface area contributed by atoms with E-state index in [9.17, 15) is 8.78 Å². The summed E-state index contributed by atoms with van der Waals surface area (Å²) in [5, 5.41) is 6.80. The van der Waals surface area contributed by atoms with Crippen molar-refractivity contribution in [2.24, 2.45) is 10.9 Å². The molecule has 0 aliphatic carbocycles. The number of piperidine rings is 1. The van der Waals surface area contributed by atoms with Crippen molar-refractivity contribution >= 4 is 11.6 Å². The van der Waals surface area contributed by atoms with Crippen LogP contribution in [0.1, 0.15) is 19.3 Å². The minimum absolute atomic E-state index is 0.0741. The Kier molecular flexibility index (Phi) is 6.29. The second-order valence-corrected chi connectivity index (χ2v) is 7.37. The zero-order chi connectivity index (χ0) is 18.5. The summed E-state index contributed by atoms with van der Waals surface area (Å²) in [6.45, 7) is 4.36. The molecule has 0 amide bonds. The third-order valence-corrected chi connectivity index (χ3v) is 5.29. The minimum atomic E-state index is -0.505. The van der Waals surface area contributed by atoms with Gasteiger partial charge in [0, 0.05) is 39.3 Å². The van der Waals surface area contributed by atoms with Gasteiger partial charge >= 0.3 is 0 Å². The Bertz CT molecular complexity index is 616. The van der Waals surface area contributed by atoms with Gasteiger partial charge < -0.3 is 20.4 Å². The van der Waals surface area contributed by atoms with Gasteiger partial charge in [0.1, 0.15) is 17.3 Å². The lowest BCUT2D eigenvalue weighted by molar-refractivity contribution is 0.210. The summed E-state index contributed by atoms with van der Waals surface area (Å²) in [5.41, 5.74) is 0.0741. The Morgan fingerprint density at radius 2 is 1.96 bits per heavy atom. The number of rotatable bonds is 4. The first-order valence-corrected chi connectivity index (χ1v) is 9.41. The predicted molar refractivity (Wildman–Crippen MR) is 102 cm³/mol. The van der Waals surface area contributed by atoms with Crippen LogP contribution in [0.2, 0.25) is 0 Å². The highest BCUT2D eigenvalue weighted by molar-refractivity contribution is 5.80. The molecule has 2 heterocycles. The molecule has 1 aromatic rings. The van der Waals surface area contributed by atoms with Crippen LogP contribution in [0, 0.1) is 17.6 Å². The van der Waals surface area contributed by atoms with Crippen molar-refractivity contribution < 1.29 is 8.78 Å². The maximum Gasteiger partial charge on any atom is 0.191 e. The Morgan fingerprint density at radius 1 is 1.19 bits per heavy atom. The molecule has 0 spiro atoms. The molecule has 3 rings (SSSR count). The van der Waals surface area contributed by atoms with E-state index in [1.165, 1.54) is 37.6 Å². The third kappa shape index (κ3) is 4.63. The number of hydrogen-bond acceptors (Lipinski definition) is 3. The molecule has 144 valence electrons. The fourth-order valence-corrected chi connectivity index (χ4v) is 3.94. The lowest BCUT2D eigenvalue weighted by Gasteiger charge is -2.30. The number of likely N-dealkylation sites (tertiary alicyclic amines) is 1. The first kappa shape index (κ1) is 18.9. The van der Waals surface area contributed by atoms with Gasteiger partial charge in [-0.05, 0) is 50.9 Å². The normalized spacial score (nSPS) is 24.8. The monoisotopic (exact) mass is 365 g/mol. The van der Waals surface area contributed by atoms with E-state index in [0.29, 0.717) is 19.0 Å². The van der Waals surface area contributed by atoms with Crippen LogP contribution in [0.5, 0.6) is 0 Å². The smallest absolute Gasteiger partial charge is 0.191 e. The van der Waals surface area contributed by atoms with Crippen LogP contribution in [-0.2, 0) is 0 Å². The molecule has 2 fully saturated rings. The number of nitrogens with zero attached hydrogens (tertiary/aromatic N) is 3. The molecule has 5 nitrogen and oxygen atoms in total. The van der Waals surface area contributed by atoms with Gasteiger partial charge in [-0.1, -0.05) is 6.07 Å². The highest BCUT2D eigenvalue weighted by Crippen LogP contribution is 2.26. The highest BCUT2D eigenvalue weighted by Gasteiger charge is 2.27. The number of anilines is 1. The lowest BCUT2D eigenvalue weighted by atomic mass is 9.99. The Labute approximate surface area is 154 Å². The van der Waals surface area contributed by atoms with Gasteiger partial charge in [0.15, 0.2) is 5.96 Å². The fraction of sp³-hybridized carbons (Fsp3) is 0.632. The molecule has 7 heteroatoms. The summed E-state index contributed by atoms with van der Waals surface area (Å²) in [5.74, 6) is 0.378. The number of hydrogen-bond donors (Lipinski definition) is 2. The molecule has 1 aromatic carbocycles. The summed E-state index contributed by atoms with van der Waals surface area (Å²) in [7, 11) is 3.92. The van der Waals surface area contributed by atoms with E-state index < -0.39 is 11.6 Å². The highest BCUT2D eigenvalue weighted by atomic mass is 19.1. The molecule has 0 aromatic heterocycles. The number of nitrogens with one attached hydrogen (secondary N) is 2. The van der Waals surface area contributed by atoms with Crippen LogP contribution in [0.15, 0.2) is 23.2 Å². The predicted octanol–water partition coefficient (Wildman–Crippen LogP) is 2.05. The average molecular weight is 365 g/mol. The molecule has 0 radical (unpaired) electrons. The first-order chi connectivity index (χ1) is 12.6. The van der Waals surface area contributed by atoms with Crippen molar-refractivity contribution in [1.82, 2.24) is 15.5 Å². The van der Waals surface area contributed by atoms with Crippen molar-refractivity contribution in [3.8, 4) is 0 Å². The van der Waals surface area contributed by atoms with Gasteiger partial charge in [-0.15, -0.1) is 0 Å². The van der Waals surface area contributed by atoms with Gasteiger partial charge in [0.2, 0.25) is 0 Å². The molecule has 2 aliphatic rings. The van der Waals surface area contributed by atoms with Crippen molar-refractivity contribution in [2.75, 3.05) is 51.7 Å². The van der Waals surface area contributed by atoms with Crippen molar-refractivity contribution in [3.63, 3.8) is 0 Å². The molecule has 0 saturated carbocycles. The summed E-state index contributed by atoms with van der Waals surface area (Å²) < 4.78 is 27.9. The first-order valence-electron chi connectivity index (χ1n) is 9.41. The fourth-order valence-electron chi connectivity index (χ4n) is 3.94. The SMILES string of the molecule is CN=C(NCC1CCCN(C)C1)NC1CCN(c2c(F)cccc2F)C1. The summed E-state index contributed by atoms with van der Waals surface area (Å²) in [4.78, 5) is 8.44. The van der Waals surface area contributed by atoms with E-state index in [1.807, 2.05) is 0 Å². The Morgan fingerprint density at radius 3 is 2.65 bits per heavy atom. The zero-order valence-electron chi connectivity index (χ0n) is 15.6. The van der Waals surface area contributed by atoms with Crippen molar-refractivity contribution in [3.05, 3.63) is 29.8 Å². The summed E-state index contributed by atoms with van der Waals surface area (Å²) in [6.07, 6.45) is 3.29. The van der Waals surface area contributed by atoms with Gasteiger partial charge in [0.25, 0.3) is 0 Å². The number of guanidine groups is 1. The summed E-state index contributed by atoms with van der Waals surface area (Å²) >= 11 is 0. The second-order valence-electron chi connectivity index (χ2n) is 7.37. The molecule has 2 aliphatic heterocycles. The van der Waals surface area contributed by atoms with Gasteiger partial charge in [0.05, 0.1) is 0 Å².